The standard InChI is InChI=1S/C21H29N5O3S2/c1-21(2,3)17(13-8-6-5-7-9-13)25-19(23)18(22)24-15-12-30-20(16(15)27)31(28,29)26(4)14-10-11-14/h5-9,12,14,17,27H,10-11H2,1-4H3,(H2,22,24)(H2,23,25)/p+1/t17-/m0/s1. The molecule has 1 aromatic carbocycles. The van der Waals surface area contributed by atoms with Gasteiger partial charge in [-0.05, 0) is 18.4 Å². The maximum atomic E-state index is 12.7. The van der Waals surface area contributed by atoms with Crippen LogP contribution in [0.4, 0.5) is 5.69 Å². The molecule has 6 N–H and O–H groups in total. The van der Waals surface area contributed by atoms with Crippen LogP contribution in [0.3, 0.4) is 0 Å². The zero-order valence-corrected chi connectivity index (χ0v) is 19.8. The summed E-state index contributed by atoms with van der Waals surface area (Å²) in [5.74, 6) is -0.296. The van der Waals surface area contributed by atoms with E-state index in [1.807, 2.05) is 30.3 Å². The zero-order valence-electron chi connectivity index (χ0n) is 18.2. The third kappa shape index (κ3) is 5.08. The van der Waals surface area contributed by atoms with Crippen molar-refractivity contribution in [3.63, 3.8) is 0 Å². The second-order valence-electron chi connectivity index (χ2n) is 8.77. The highest BCUT2D eigenvalue weighted by molar-refractivity contribution is 7.91. The SMILES string of the molecule is CN(C1CC1)S(=O)(=O)c1scc(N=C(N)C(N)=[NH+][C@@H](c2ccccc2)C(C)(C)C)c1O. The van der Waals surface area contributed by atoms with Crippen molar-refractivity contribution in [2.24, 2.45) is 21.9 Å². The van der Waals surface area contributed by atoms with Crippen LogP contribution in [0, 0.1) is 5.41 Å². The summed E-state index contributed by atoms with van der Waals surface area (Å²) in [7, 11) is -2.25. The number of nitrogens with zero attached hydrogens (tertiary/aromatic N) is 2. The molecule has 3 rings (SSSR count). The number of nitrogens with one attached hydrogen (secondary N) is 1. The second kappa shape index (κ2) is 8.60. The summed E-state index contributed by atoms with van der Waals surface area (Å²) in [5, 5.41) is 12.0. The van der Waals surface area contributed by atoms with Gasteiger partial charge in [-0.2, -0.15) is 4.31 Å². The third-order valence-electron chi connectivity index (χ3n) is 5.20. The lowest BCUT2D eigenvalue weighted by molar-refractivity contribution is -0.529. The van der Waals surface area contributed by atoms with Crippen molar-refractivity contribution in [1.82, 2.24) is 4.31 Å². The van der Waals surface area contributed by atoms with E-state index in [0.29, 0.717) is 0 Å². The molecular weight excluding hydrogens is 434 g/mol. The maximum Gasteiger partial charge on any atom is 0.309 e. The van der Waals surface area contributed by atoms with Gasteiger partial charge in [0, 0.05) is 23.9 Å². The molecule has 0 aliphatic heterocycles. The Kier molecular flexibility index (Phi) is 6.45. The monoisotopic (exact) mass is 464 g/mol. The summed E-state index contributed by atoms with van der Waals surface area (Å²) in [5.41, 5.74) is 13.2. The number of sulfonamides is 1. The summed E-state index contributed by atoms with van der Waals surface area (Å²) in [6.07, 6.45) is 1.65. The molecule has 1 aliphatic rings. The van der Waals surface area contributed by atoms with Crippen LogP contribution < -0.4 is 16.5 Å². The van der Waals surface area contributed by atoms with Gasteiger partial charge in [0.15, 0.2) is 9.96 Å². The highest BCUT2D eigenvalue weighted by atomic mass is 32.2. The van der Waals surface area contributed by atoms with Crippen molar-refractivity contribution in [2.45, 2.75) is 49.9 Å². The Balaban J connectivity index is 1.91. The molecule has 0 spiro atoms. The number of benzene rings is 1. The van der Waals surface area contributed by atoms with Crippen molar-refractivity contribution in [3.8, 4) is 5.75 Å². The Morgan fingerprint density at radius 2 is 1.87 bits per heavy atom. The van der Waals surface area contributed by atoms with Crippen LogP contribution in [0.25, 0.3) is 0 Å². The maximum absolute atomic E-state index is 12.7. The number of nitrogens with two attached hydrogens (primary N) is 2. The van der Waals surface area contributed by atoms with E-state index in [0.717, 1.165) is 29.7 Å². The Labute approximate surface area is 187 Å². The molecule has 1 heterocycles. The molecule has 0 amide bonds. The van der Waals surface area contributed by atoms with Crippen molar-refractivity contribution >= 4 is 38.7 Å². The van der Waals surface area contributed by atoms with E-state index in [9.17, 15) is 13.5 Å². The molecule has 0 saturated heterocycles. The van der Waals surface area contributed by atoms with Crippen molar-refractivity contribution in [3.05, 3.63) is 41.3 Å². The molecule has 0 radical (unpaired) electrons. The normalized spacial score (nSPS) is 17.2. The average molecular weight is 465 g/mol. The molecule has 1 aliphatic carbocycles. The largest absolute Gasteiger partial charge is 0.504 e. The molecule has 1 fully saturated rings. The number of aliphatic imine (C=N–C) groups is 1. The lowest BCUT2D eigenvalue weighted by Gasteiger charge is -2.26. The number of rotatable bonds is 6. The van der Waals surface area contributed by atoms with E-state index >= 15 is 0 Å². The van der Waals surface area contributed by atoms with Crippen LogP contribution in [-0.2, 0) is 10.0 Å². The van der Waals surface area contributed by atoms with E-state index in [1.165, 1.54) is 16.7 Å². The molecule has 0 unspecified atom stereocenters. The van der Waals surface area contributed by atoms with Gasteiger partial charge in [0.2, 0.25) is 5.84 Å². The van der Waals surface area contributed by atoms with Gasteiger partial charge in [0.05, 0.1) is 0 Å². The van der Waals surface area contributed by atoms with Crippen molar-refractivity contribution in [2.75, 3.05) is 7.05 Å². The van der Waals surface area contributed by atoms with Gasteiger partial charge in [-0.1, -0.05) is 51.1 Å². The summed E-state index contributed by atoms with van der Waals surface area (Å²) < 4.78 is 26.6. The minimum atomic E-state index is -3.78. The zero-order chi connectivity index (χ0) is 23.0. The topological polar surface area (TPSA) is 136 Å². The van der Waals surface area contributed by atoms with E-state index in [4.69, 9.17) is 11.5 Å². The minimum Gasteiger partial charge on any atom is -0.504 e. The van der Waals surface area contributed by atoms with E-state index in [-0.39, 0.29) is 39.1 Å². The lowest BCUT2D eigenvalue weighted by atomic mass is 9.83. The molecule has 31 heavy (non-hydrogen) atoms. The highest BCUT2D eigenvalue weighted by Gasteiger charge is 2.38. The Morgan fingerprint density at radius 1 is 1.26 bits per heavy atom. The van der Waals surface area contributed by atoms with Gasteiger partial charge in [0.1, 0.15) is 11.7 Å². The molecule has 2 aromatic rings. The Morgan fingerprint density at radius 3 is 2.42 bits per heavy atom. The predicted octanol–water partition coefficient (Wildman–Crippen LogP) is 1.45. The average Bonchev–Trinajstić information content (AvgIpc) is 3.49. The quantitative estimate of drug-likeness (QED) is 0.379. The van der Waals surface area contributed by atoms with E-state index in [2.05, 4.69) is 30.8 Å². The lowest BCUT2D eigenvalue weighted by Crippen LogP contribution is -2.81. The first-order valence-corrected chi connectivity index (χ1v) is 12.3. The molecule has 8 nitrogen and oxygen atoms in total. The van der Waals surface area contributed by atoms with Crippen molar-refractivity contribution in [1.29, 1.82) is 0 Å². The number of amidine groups is 2. The molecule has 10 heteroatoms. The van der Waals surface area contributed by atoms with Gasteiger partial charge in [0.25, 0.3) is 10.0 Å². The Bertz CT molecular complexity index is 1100. The highest BCUT2D eigenvalue weighted by Crippen LogP contribution is 2.42. The fraction of sp³-hybridized carbons (Fsp3) is 0.429. The number of hydrogen-bond donors (Lipinski definition) is 4. The first-order chi connectivity index (χ1) is 14.4. The van der Waals surface area contributed by atoms with Gasteiger partial charge >= 0.3 is 5.84 Å². The first-order valence-electron chi connectivity index (χ1n) is 10.00. The first kappa shape index (κ1) is 23.2. The van der Waals surface area contributed by atoms with Crippen molar-refractivity contribution < 1.29 is 18.5 Å². The molecule has 168 valence electrons. The fourth-order valence-electron chi connectivity index (χ4n) is 3.22. The molecule has 0 bridgehead atoms. The minimum absolute atomic E-state index is 0.0102. The third-order valence-corrected chi connectivity index (χ3v) is 8.59. The predicted molar refractivity (Wildman–Crippen MR) is 124 cm³/mol. The number of aromatic hydroxyl groups is 1. The van der Waals surface area contributed by atoms with Crippen LogP contribution in [-0.4, -0.2) is 42.6 Å². The van der Waals surface area contributed by atoms with Gasteiger partial charge in [-0.25, -0.2) is 13.4 Å². The molecule has 1 saturated carbocycles. The number of hydrogen-bond acceptors (Lipinski definition) is 5. The van der Waals surface area contributed by atoms with Crippen LogP contribution >= 0.6 is 11.3 Å². The molecule has 1 aromatic heterocycles. The summed E-state index contributed by atoms with van der Waals surface area (Å²) in [6.45, 7) is 6.24. The molecular formula is C21H30N5O3S2+. The van der Waals surface area contributed by atoms with Gasteiger partial charge < -0.3 is 10.8 Å². The van der Waals surface area contributed by atoms with Crippen LogP contribution in [0.2, 0.25) is 0 Å². The van der Waals surface area contributed by atoms with E-state index < -0.39 is 15.8 Å². The van der Waals surface area contributed by atoms with Gasteiger partial charge in [-0.3, -0.25) is 10.7 Å². The fourth-order valence-corrected chi connectivity index (χ4v) is 6.01. The van der Waals surface area contributed by atoms with Crippen LogP contribution in [0.1, 0.15) is 45.2 Å². The second-order valence-corrected chi connectivity index (χ2v) is 11.8. The smallest absolute Gasteiger partial charge is 0.309 e. The summed E-state index contributed by atoms with van der Waals surface area (Å²) in [4.78, 5) is 7.41. The summed E-state index contributed by atoms with van der Waals surface area (Å²) in [6, 6.07) is 9.70. The van der Waals surface area contributed by atoms with E-state index in [1.54, 1.807) is 0 Å². The van der Waals surface area contributed by atoms with Crippen LogP contribution in [0.15, 0.2) is 44.9 Å². The van der Waals surface area contributed by atoms with Gasteiger partial charge in [-0.15, -0.1) is 11.3 Å². The Hall–Kier alpha value is -2.43. The van der Waals surface area contributed by atoms with Crippen LogP contribution in [0.5, 0.6) is 5.75 Å². The number of thiophene rings is 1. The summed E-state index contributed by atoms with van der Waals surface area (Å²) >= 11 is 0.913. The molecule has 1 atom stereocenters.